The van der Waals surface area contributed by atoms with Crippen LogP contribution in [-0.2, 0) is 22.0 Å². The summed E-state index contributed by atoms with van der Waals surface area (Å²) < 4.78 is 19.7. The molecule has 3 atom stereocenters. The Bertz CT molecular complexity index is 423. The van der Waals surface area contributed by atoms with Gasteiger partial charge in [-0.25, -0.2) is 4.21 Å². The van der Waals surface area contributed by atoms with Crippen molar-refractivity contribution >= 4 is 11.3 Å². The number of fused-ring (bicyclic) bond motifs is 1. The molecule has 1 aliphatic heterocycles. The van der Waals surface area contributed by atoms with Gasteiger partial charge in [-0.3, -0.25) is 4.18 Å². The Hall–Kier alpha value is -0.710. The highest BCUT2D eigenvalue weighted by Gasteiger charge is 2.36. The Balaban J connectivity index is 1.67. The first kappa shape index (κ1) is 12.3. The molecule has 3 nitrogen and oxygen atoms in total. The van der Waals surface area contributed by atoms with Gasteiger partial charge in [-0.15, -0.1) is 0 Å². The zero-order valence-electron chi connectivity index (χ0n) is 10.5. The van der Waals surface area contributed by atoms with E-state index in [2.05, 4.69) is 12.1 Å². The Morgan fingerprint density at radius 3 is 2.83 bits per heavy atom. The maximum absolute atomic E-state index is 12.1. The van der Waals surface area contributed by atoms with Gasteiger partial charge in [0.15, 0.2) is 0 Å². The Morgan fingerprint density at radius 2 is 2.00 bits per heavy atom. The number of rotatable bonds is 2. The average Bonchev–Trinajstić information content (AvgIpc) is 2.41. The summed E-state index contributed by atoms with van der Waals surface area (Å²) in [5.74, 6) is 0.570. The molecule has 3 rings (SSSR count). The first-order valence-electron chi connectivity index (χ1n) is 6.71. The first-order valence-corrected chi connectivity index (χ1v) is 7.74. The van der Waals surface area contributed by atoms with E-state index in [4.69, 9.17) is 4.18 Å². The second kappa shape index (κ2) is 5.51. The molecule has 0 amide bonds. The van der Waals surface area contributed by atoms with E-state index < -0.39 is 11.3 Å². The Labute approximate surface area is 111 Å². The van der Waals surface area contributed by atoms with Gasteiger partial charge in [-0.1, -0.05) is 43.2 Å². The summed E-state index contributed by atoms with van der Waals surface area (Å²) in [5.41, 5.74) is 1.20. The van der Waals surface area contributed by atoms with Crippen LogP contribution in [0.1, 0.15) is 31.2 Å². The lowest BCUT2D eigenvalue weighted by atomic mass is 9.86. The molecule has 2 fully saturated rings. The predicted octanol–water partition coefficient (Wildman–Crippen LogP) is 2.66. The van der Waals surface area contributed by atoms with Crippen molar-refractivity contribution < 1.29 is 8.39 Å². The van der Waals surface area contributed by atoms with Gasteiger partial charge in [-0.05, 0) is 18.4 Å². The third kappa shape index (κ3) is 2.66. The lowest BCUT2D eigenvalue weighted by Gasteiger charge is -2.39. The topological polar surface area (TPSA) is 29.5 Å². The molecule has 0 spiro atoms. The van der Waals surface area contributed by atoms with Crippen LogP contribution in [0, 0.1) is 5.92 Å². The van der Waals surface area contributed by atoms with Gasteiger partial charge in [0.2, 0.25) is 11.3 Å². The van der Waals surface area contributed by atoms with E-state index in [0.717, 1.165) is 19.5 Å². The molecule has 98 valence electrons. The Kier molecular flexibility index (Phi) is 3.77. The standard InChI is InChI=1S/C14H19NO2S/c16-18-15(10-12-6-2-1-3-7-12)11-13-8-4-5-9-14(13)17-18/h1-3,6-7,13-14H,4-5,8-11H2/t13-,14-,18?/m1/s1. The molecule has 1 saturated carbocycles. The summed E-state index contributed by atoms with van der Waals surface area (Å²) in [6.07, 6.45) is 5.03. The van der Waals surface area contributed by atoms with Crippen molar-refractivity contribution in [3.8, 4) is 0 Å². The van der Waals surface area contributed by atoms with Gasteiger partial charge in [0, 0.05) is 19.0 Å². The number of benzene rings is 1. The molecule has 2 aliphatic rings. The van der Waals surface area contributed by atoms with Gasteiger partial charge in [-0.2, -0.15) is 4.31 Å². The summed E-state index contributed by atoms with van der Waals surface area (Å²) in [5, 5.41) is 0. The van der Waals surface area contributed by atoms with Crippen molar-refractivity contribution in [1.82, 2.24) is 4.31 Å². The largest absolute Gasteiger partial charge is 0.274 e. The molecule has 1 heterocycles. The number of nitrogens with zero attached hydrogens (tertiary/aromatic N) is 1. The quantitative estimate of drug-likeness (QED) is 0.822. The summed E-state index contributed by atoms with van der Waals surface area (Å²) in [6.45, 7) is 1.63. The normalized spacial score (nSPS) is 33.0. The van der Waals surface area contributed by atoms with Crippen LogP contribution in [0.15, 0.2) is 30.3 Å². The lowest BCUT2D eigenvalue weighted by Crippen LogP contribution is -2.46. The summed E-state index contributed by atoms with van der Waals surface area (Å²) >= 11 is -1.26. The van der Waals surface area contributed by atoms with Crippen molar-refractivity contribution in [3.05, 3.63) is 35.9 Å². The highest BCUT2D eigenvalue weighted by molar-refractivity contribution is 7.77. The van der Waals surface area contributed by atoms with Crippen LogP contribution >= 0.6 is 0 Å². The highest BCUT2D eigenvalue weighted by atomic mass is 32.2. The van der Waals surface area contributed by atoms with E-state index in [9.17, 15) is 4.21 Å². The molecular formula is C14H19NO2S. The molecule has 0 bridgehead atoms. The van der Waals surface area contributed by atoms with E-state index >= 15 is 0 Å². The van der Waals surface area contributed by atoms with Crippen LogP contribution in [0.4, 0.5) is 0 Å². The van der Waals surface area contributed by atoms with E-state index in [1.165, 1.54) is 24.8 Å². The molecule has 0 N–H and O–H groups in total. The molecule has 0 radical (unpaired) electrons. The summed E-state index contributed by atoms with van der Waals surface area (Å²) in [7, 11) is 0. The van der Waals surface area contributed by atoms with E-state index in [0.29, 0.717) is 5.92 Å². The zero-order chi connectivity index (χ0) is 12.4. The molecule has 1 aromatic carbocycles. The van der Waals surface area contributed by atoms with Gasteiger partial charge in [0.1, 0.15) is 0 Å². The van der Waals surface area contributed by atoms with Crippen molar-refractivity contribution in [2.45, 2.75) is 38.3 Å². The highest BCUT2D eigenvalue weighted by Crippen LogP contribution is 2.32. The van der Waals surface area contributed by atoms with Crippen LogP contribution in [0.25, 0.3) is 0 Å². The van der Waals surface area contributed by atoms with Crippen molar-refractivity contribution in [1.29, 1.82) is 0 Å². The van der Waals surface area contributed by atoms with Crippen LogP contribution in [0.2, 0.25) is 0 Å². The third-order valence-electron chi connectivity index (χ3n) is 3.90. The Morgan fingerprint density at radius 1 is 1.22 bits per heavy atom. The molecule has 0 aromatic heterocycles. The molecule has 1 unspecified atom stereocenters. The van der Waals surface area contributed by atoms with Crippen LogP contribution in [0.3, 0.4) is 0 Å². The maximum atomic E-state index is 12.1. The van der Waals surface area contributed by atoms with E-state index in [1.807, 2.05) is 22.5 Å². The minimum absolute atomic E-state index is 0.228. The maximum Gasteiger partial charge on any atom is 0.237 e. The fourth-order valence-corrected chi connectivity index (χ4v) is 4.06. The smallest absolute Gasteiger partial charge is 0.237 e. The van der Waals surface area contributed by atoms with Gasteiger partial charge in [0.05, 0.1) is 6.10 Å². The van der Waals surface area contributed by atoms with Crippen LogP contribution < -0.4 is 0 Å². The summed E-state index contributed by atoms with van der Waals surface area (Å²) in [6, 6.07) is 10.2. The van der Waals surface area contributed by atoms with E-state index in [-0.39, 0.29) is 6.10 Å². The van der Waals surface area contributed by atoms with Crippen molar-refractivity contribution in [2.75, 3.05) is 6.54 Å². The molecule has 18 heavy (non-hydrogen) atoms. The SMILES string of the molecule is O=S1O[C@@H]2CCCC[C@@H]2CN1Cc1ccccc1. The average molecular weight is 265 g/mol. The minimum atomic E-state index is -1.26. The summed E-state index contributed by atoms with van der Waals surface area (Å²) in [4.78, 5) is 0. The predicted molar refractivity (Wildman–Crippen MR) is 71.8 cm³/mol. The van der Waals surface area contributed by atoms with Crippen molar-refractivity contribution in [2.24, 2.45) is 5.92 Å². The number of hydrogen-bond acceptors (Lipinski definition) is 2. The second-order valence-corrected chi connectivity index (χ2v) is 6.35. The van der Waals surface area contributed by atoms with Gasteiger partial charge >= 0.3 is 0 Å². The fraction of sp³-hybridized carbons (Fsp3) is 0.571. The van der Waals surface area contributed by atoms with Gasteiger partial charge in [0.25, 0.3) is 0 Å². The van der Waals surface area contributed by atoms with Crippen LogP contribution in [0.5, 0.6) is 0 Å². The molecule has 1 aromatic rings. The van der Waals surface area contributed by atoms with Crippen LogP contribution in [-0.4, -0.2) is 21.2 Å². The second-order valence-electron chi connectivity index (χ2n) is 5.20. The zero-order valence-corrected chi connectivity index (χ0v) is 11.3. The first-order chi connectivity index (χ1) is 8.83. The van der Waals surface area contributed by atoms with E-state index in [1.54, 1.807) is 0 Å². The molecule has 1 saturated heterocycles. The molecular weight excluding hydrogens is 246 g/mol. The fourth-order valence-electron chi connectivity index (χ4n) is 2.90. The monoisotopic (exact) mass is 265 g/mol. The molecule has 1 aliphatic carbocycles. The number of hydrogen-bond donors (Lipinski definition) is 0. The molecule has 4 heteroatoms. The third-order valence-corrected chi connectivity index (χ3v) is 5.01. The van der Waals surface area contributed by atoms with Gasteiger partial charge < -0.3 is 0 Å². The lowest BCUT2D eigenvalue weighted by molar-refractivity contribution is 0.0557. The minimum Gasteiger partial charge on any atom is -0.274 e. The van der Waals surface area contributed by atoms with Crippen molar-refractivity contribution in [3.63, 3.8) is 0 Å².